The van der Waals surface area contributed by atoms with Gasteiger partial charge in [-0.15, -0.1) is 10.2 Å². The Hall–Kier alpha value is -4.57. The van der Waals surface area contributed by atoms with Crippen LogP contribution in [0.4, 0.5) is 13.2 Å². The van der Waals surface area contributed by atoms with Gasteiger partial charge in [-0.3, -0.25) is 14.7 Å². The maximum Gasteiger partial charge on any atom is 0.416 e. The number of carbonyl (C=O) groups excluding carboxylic acids is 1. The monoisotopic (exact) mass is 602 g/mol. The van der Waals surface area contributed by atoms with Gasteiger partial charge in [-0.2, -0.15) is 13.2 Å². The van der Waals surface area contributed by atoms with E-state index in [1.165, 1.54) is 47.5 Å². The van der Waals surface area contributed by atoms with Crippen molar-refractivity contribution in [1.29, 1.82) is 0 Å². The van der Waals surface area contributed by atoms with E-state index in [0.717, 1.165) is 4.68 Å². The number of alkyl halides is 3. The molecule has 0 spiro atoms. The molecule has 0 bridgehead atoms. The molecule has 3 heterocycles. The van der Waals surface area contributed by atoms with E-state index in [2.05, 4.69) is 20.5 Å². The normalized spacial score (nSPS) is 17.4. The molecule has 42 heavy (non-hydrogen) atoms. The van der Waals surface area contributed by atoms with Gasteiger partial charge in [0.05, 0.1) is 24.0 Å². The second-order valence-corrected chi connectivity index (χ2v) is 9.60. The Kier molecular flexibility index (Phi) is 8.08. The lowest BCUT2D eigenvalue weighted by molar-refractivity contribution is -0.816. The van der Waals surface area contributed by atoms with Crippen LogP contribution in [-0.2, 0) is 13.1 Å². The number of hydrogen-bond donors (Lipinski definition) is 3. The molecule has 1 amide bonds. The SMILES string of the molecule is O=C(NC1C=CC=C[NH+]1[O-])c1ccccc1-n1cnc(Cn2nc(-c3ccc(Cl)cc3)n(C[C@H](O)C(F)(F)F)c2=O)n1. The molecule has 1 aliphatic heterocycles. The summed E-state index contributed by atoms with van der Waals surface area (Å²) >= 11 is 5.92. The predicted molar refractivity (Wildman–Crippen MR) is 143 cm³/mol. The van der Waals surface area contributed by atoms with Crippen molar-refractivity contribution in [3.8, 4) is 17.1 Å². The number of halogens is 4. The number of benzene rings is 2. The quantitative estimate of drug-likeness (QED) is 0.259. The fourth-order valence-electron chi connectivity index (χ4n) is 4.15. The zero-order valence-corrected chi connectivity index (χ0v) is 22.2. The smallest absolute Gasteiger partial charge is 0.416 e. The van der Waals surface area contributed by atoms with Crippen LogP contribution in [0.3, 0.4) is 0 Å². The molecule has 16 heteroatoms. The molecular weight excluding hydrogens is 581 g/mol. The molecule has 12 nitrogen and oxygen atoms in total. The van der Waals surface area contributed by atoms with Crippen LogP contribution in [0.25, 0.3) is 17.1 Å². The standard InChI is InChI=1S/C26H22ClF3N8O4/c27-17-10-8-16(9-11-17)23-34-36(25(41)35(23)13-20(39)26(28,29)30)14-21-31-15-37(33-21)19-6-2-1-5-18(19)24(40)32-22-7-3-4-12-38(22)42/h1-12,15,20,22,38-39H,13-14H2,(H,32,40)/t20-,22?/m0/s1. The highest BCUT2D eigenvalue weighted by atomic mass is 35.5. The van der Waals surface area contributed by atoms with Crippen LogP contribution >= 0.6 is 11.6 Å². The van der Waals surface area contributed by atoms with Crippen molar-refractivity contribution < 1.29 is 28.1 Å². The van der Waals surface area contributed by atoms with Gasteiger partial charge in [0.2, 0.25) is 0 Å². The van der Waals surface area contributed by atoms with E-state index >= 15 is 0 Å². The Labute approximate surface area is 240 Å². The molecule has 0 saturated heterocycles. The first-order valence-electron chi connectivity index (χ1n) is 12.4. The number of nitrogens with zero attached hydrogens (tertiary/aromatic N) is 6. The van der Waals surface area contributed by atoms with Gasteiger partial charge in [-0.25, -0.2) is 19.1 Å². The molecule has 0 radical (unpaired) electrons. The van der Waals surface area contributed by atoms with E-state index < -0.39 is 36.6 Å². The first-order chi connectivity index (χ1) is 20.0. The first-order valence-corrected chi connectivity index (χ1v) is 12.8. The molecule has 3 N–H and O–H groups in total. The van der Waals surface area contributed by atoms with Crippen molar-refractivity contribution in [2.75, 3.05) is 0 Å². The number of quaternary nitrogens is 1. The third kappa shape index (κ3) is 6.18. The summed E-state index contributed by atoms with van der Waals surface area (Å²) in [5, 5.41) is 33.0. The fraction of sp³-hybridized carbons (Fsp3) is 0.192. The van der Waals surface area contributed by atoms with Gasteiger partial charge in [0, 0.05) is 10.6 Å². The van der Waals surface area contributed by atoms with Gasteiger partial charge in [0.15, 0.2) is 23.9 Å². The number of hydrogen-bond acceptors (Lipinski definition) is 7. The Morgan fingerprint density at radius 2 is 1.88 bits per heavy atom. The number of aromatic nitrogens is 6. The van der Waals surface area contributed by atoms with E-state index in [4.69, 9.17) is 11.6 Å². The third-order valence-corrected chi connectivity index (χ3v) is 6.50. The van der Waals surface area contributed by atoms with Crippen LogP contribution in [-0.4, -0.2) is 58.6 Å². The van der Waals surface area contributed by atoms with Gasteiger partial charge >= 0.3 is 11.9 Å². The minimum atomic E-state index is -4.96. The molecular formula is C26H22ClF3N8O4. The Morgan fingerprint density at radius 1 is 1.14 bits per heavy atom. The number of rotatable bonds is 8. The van der Waals surface area contributed by atoms with Gasteiger partial charge in [0.25, 0.3) is 5.91 Å². The number of amides is 1. The van der Waals surface area contributed by atoms with Crippen molar-refractivity contribution in [1.82, 2.24) is 34.4 Å². The fourth-order valence-corrected chi connectivity index (χ4v) is 4.27. The third-order valence-electron chi connectivity index (χ3n) is 6.25. The van der Waals surface area contributed by atoms with E-state index in [-0.39, 0.29) is 28.8 Å². The molecule has 0 saturated carbocycles. The summed E-state index contributed by atoms with van der Waals surface area (Å²) in [6.45, 7) is -1.41. The molecule has 5 rings (SSSR count). The lowest BCUT2D eigenvalue weighted by atomic mass is 10.1. The zero-order valence-electron chi connectivity index (χ0n) is 21.4. The summed E-state index contributed by atoms with van der Waals surface area (Å²) in [4.78, 5) is 30.3. The van der Waals surface area contributed by atoms with Crippen LogP contribution in [0.5, 0.6) is 0 Å². The number of aliphatic hydroxyl groups excluding tert-OH is 1. The lowest BCUT2D eigenvalue weighted by Gasteiger charge is -2.28. The summed E-state index contributed by atoms with van der Waals surface area (Å²) in [7, 11) is 0. The number of hydroxylamine groups is 2. The van der Waals surface area contributed by atoms with Crippen LogP contribution in [0.15, 0.2) is 84.1 Å². The van der Waals surface area contributed by atoms with Crippen LogP contribution in [0.1, 0.15) is 16.2 Å². The Balaban J connectivity index is 1.43. The minimum absolute atomic E-state index is 0.0616. The molecule has 4 aromatic rings. The van der Waals surface area contributed by atoms with Crippen molar-refractivity contribution in [3.63, 3.8) is 0 Å². The number of nitrogens with one attached hydrogen (secondary N) is 2. The summed E-state index contributed by atoms with van der Waals surface area (Å²) in [5.41, 5.74) is -0.120. The molecule has 0 fully saturated rings. The molecule has 218 valence electrons. The van der Waals surface area contributed by atoms with Gasteiger partial charge in [-0.1, -0.05) is 29.8 Å². The number of para-hydroxylation sites is 1. The maximum absolute atomic E-state index is 13.1. The maximum atomic E-state index is 13.1. The van der Waals surface area contributed by atoms with Gasteiger partial charge in [-0.05, 0) is 48.6 Å². The second kappa shape index (κ2) is 11.7. The zero-order chi connectivity index (χ0) is 30.0. The highest BCUT2D eigenvalue weighted by Gasteiger charge is 2.39. The van der Waals surface area contributed by atoms with Crippen LogP contribution in [0, 0.1) is 5.21 Å². The molecule has 0 aliphatic carbocycles. The van der Waals surface area contributed by atoms with Crippen LogP contribution < -0.4 is 16.1 Å². The lowest BCUT2D eigenvalue weighted by Crippen LogP contribution is -3.09. The Morgan fingerprint density at radius 3 is 2.60 bits per heavy atom. The number of aliphatic hydroxyl groups is 1. The molecule has 3 atom stereocenters. The van der Waals surface area contributed by atoms with Gasteiger partial charge in [0.1, 0.15) is 12.9 Å². The highest BCUT2D eigenvalue weighted by molar-refractivity contribution is 6.30. The minimum Gasteiger partial charge on any atom is -0.628 e. The van der Waals surface area contributed by atoms with E-state index in [9.17, 15) is 33.1 Å². The van der Waals surface area contributed by atoms with E-state index in [0.29, 0.717) is 20.8 Å². The molecule has 2 aromatic heterocycles. The topological polar surface area (TPSA) is 147 Å². The van der Waals surface area contributed by atoms with Crippen molar-refractivity contribution in [2.24, 2.45) is 0 Å². The van der Waals surface area contributed by atoms with E-state index in [1.54, 1.807) is 36.4 Å². The molecule has 2 aromatic carbocycles. The second-order valence-electron chi connectivity index (χ2n) is 9.16. The number of allylic oxidation sites excluding steroid dienone is 2. The summed E-state index contributed by atoms with van der Waals surface area (Å²) in [5.74, 6) is -0.596. The molecule has 2 unspecified atom stereocenters. The average Bonchev–Trinajstić information content (AvgIpc) is 3.55. The van der Waals surface area contributed by atoms with Gasteiger partial charge < -0.3 is 15.4 Å². The summed E-state index contributed by atoms with van der Waals surface area (Å²) < 4.78 is 42.3. The summed E-state index contributed by atoms with van der Waals surface area (Å²) in [6.07, 6.45) is -1.18. The van der Waals surface area contributed by atoms with E-state index in [1.807, 2.05) is 0 Å². The Bertz CT molecular complexity index is 1710. The van der Waals surface area contributed by atoms with Crippen molar-refractivity contribution >= 4 is 17.5 Å². The first kappa shape index (κ1) is 28.9. The van der Waals surface area contributed by atoms with Crippen LogP contribution in [0.2, 0.25) is 5.02 Å². The van der Waals surface area contributed by atoms with Crippen molar-refractivity contribution in [3.05, 3.63) is 111 Å². The predicted octanol–water partition coefficient (Wildman–Crippen LogP) is 1.44. The average molecular weight is 603 g/mol. The van der Waals surface area contributed by atoms with Crippen molar-refractivity contribution in [2.45, 2.75) is 31.5 Å². The summed E-state index contributed by atoms with van der Waals surface area (Å²) in [6, 6.07) is 12.4. The number of carbonyl (C=O) groups is 1. The highest BCUT2D eigenvalue weighted by Crippen LogP contribution is 2.24. The molecule has 1 aliphatic rings. The largest absolute Gasteiger partial charge is 0.628 e.